The van der Waals surface area contributed by atoms with E-state index in [1.54, 1.807) is 41.5 Å². The molecule has 26 heavy (non-hydrogen) atoms. The molecule has 134 valence electrons. The summed E-state index contributed by atoms with van der Waals surface area (Å²) >= 11 is 0. The van der Waals surface area contributed by atoms with Gasteiger partial charge in [-0.2, -0.15) is 0 Å². The fourth-order valence-electron chi connectivity index (χ4n) is 2.38. The summed E-state index contributed by atoms with van der Waals surface area (Å²) in [5.41, 5.74) is 1.03. The Kier molecular flexibility index (Phi) is 5.65. The smallest absolute Gasteiger partial charge is 0.270 e. The average molecular weight is 354 g/mol. The van der Waals surface area contributed by atoms with Gasteiger partial charge in [0.25, 0.3) is 5.91 Å². The van der Waals surface area contributed by atoms with Crippen LogP contribution in [0.4, 0.5) is 0 Å². The number of aromatic nitrogens is 6. The molecule has 3 aromatic rings. The number of amides is 1. The summed E-state index contributed by atoms with van der Waals surface area (Å²) in [6, 6.07) is 5.17. The van der Waals surface area contributed by atoms with Gasteiger partial charge in [-0.1, -0.05) is 16.4 Å². The molecular weight excluding hydrogens is 336 g/mol. The molecule has 0 aliphatic heterocycles. The van der Waals surface area contributed by atoms with Crippen LogP contribution in [0.5, 0.6) is 0 Å². The molecule has 0 atom stereocenters. The molecule has 0 saturated carbocycles. The molecule has 0 aliphatic carbocycles. The van der Waals surface area contributed by atoms with Crippen LogP contribution in [0.2, 0.25) is 0 Å². The molecule has 0 aliphatic rings. The van der Waals surface area contributed by atoms with E-state index in [1.807, 2.05) is 10.8 Å². The first-order chi connectivity index (χ1) is 12.8. The predicted octanol–water partition coefficient (Wildman–Crippen LogP) is 0.698. The van der Waals surface area contributed by atoms with Crippen LogP contribution < -0.4 is 5.32 Å². The number of carbonyl (C=O) groups excluding carboxylic acids is 1. The number of rotatable bonds is 8. The van der Waals surface area contributed by atoms with Crippen LogP contribution in [0, 0.1) is 0 Å². The molecule has 0 radical (unpaired) electrons. The summed E-state index contributed by atoms with van der Waals surface area (Å²) in [5.74, 6) is 0.336. The molecule has 3 heterocycles. The fourth-order valence-corrected chi connectivity index (χ4v) is 2.38. The first kappa shape index (κ1) is 17.3. The highest BCUT2D eigenvalue weighted by molar-refractivity contribution is 5.92. The molecule has 0 saturated heterocycles. The lowest BCUT2D eigenvalue weighted by atomic mass is 10.3. The maximum absolute atomic E-state index is 11.9. The average Bonchev–Trinajstić information content (AvgIpc) is 3.31. The minimum Gasteiger partial charge on any atom is -0.411 e. The Morgan fingerprint density at radius 3 is 3.00 bits per heavy atom. The Balaban J connectivity index is 1.46. The first-order valence-corrected chi connectivity index (χ1v) is 8.03. The zero-order valence-corrected chi connectivity index (χ0v) is 13.9. The van der Waals surface area contributed by atoms with Crippen molar-refractivity contribution in [2.24, 2.45) is 5.16 Å². The summed E-state index contributed by atoms with van der Waals surface area (Å²) in [5, 5.41) is 22.4. The number of nitrogens with zero attached hydrogens (tertiary/aromatic N) is 7. The molecule has 2 N–H and O–H groups in total. The number of aryl methyl sites for hydroxylation is 2. The lowest BCUT2D eigenvalue weighted by Crippen LogP contribution is -2.23. The Morgan fingerprint density at radius 1 is 1.27 bits per heavy atom. The molecule has 0 aromatic carbocycles. The molecule has 0 unspecified atom stereocenters. The maximum atomic E-state index is 11.9. The second kappa shape index (κ2) is 8.51. The number of imidazole rings is 1. The lowest BCUT2D eigenvalue weighted by Gasteiger charge is -2.04. The second-order valence-corrected chi connectivity index (χ2v) is 5.45. The number of hydrogen-bond acceptors (Lipinski definition) is 7. The van der Waals surface area contributed by atoms with Crippen molar-refractivity contribution in [1.82, 2.24) is 34.8 Å². The number of carbonyl (C=O) groups is 1. The quantitative estimate of drug-likeness (QED) is 0.349. The van der Waals surface area contributed by atoms with Gasteiger partial charge in [0, 0.05) is 31.7 Å². The van der Waals surface area contributed by atoms with E-state index in [0.717, 1.165) is 6.42 Å². The van der Waals surface area contributed by atoms with E-state index in [-0.39, 0.29) is 12.5 Å². The van der Waals surface area contributed by atoms with Gasteiger partial charge >= 0.3 is 0 Å². The van der Waals surface area contributed by atoms with Crippen molar-refractivity contribution in [3.05, 3.63) is 60.2 Å². The summed E-state index contributed by atoms with van der Waals surface area (Å²) in [4.78, 5) is 20.0. The number of nitrogens with one attached hydrogen (secondary N) is 1. The summed E-state index contributed by atoms with van der Waals surface area (Å²) < 4.78 is 3.60. The minimum atomic E-state index is -0.252. The summed E-state index contributed by atoms with van der Waals surface area (Å²) in [6.45, 7) is 1.65. The van der Waals surface area contributed by atoms with E-state index < -0.39 is 0 Å². The van der Waals surface area contributed by atoms with E-state index in [1.165, 1.54) is 6.21 Å². The van der Waals surface area contributed by atoms with Crippen LogP contribution >= 0.6 is 0 Å². The van der Waals surface area contributed by atoms with Crippen LogP contribution in [-0.4, -0.2) is 46.9 Å². The van der Waals surface area contributed by atoms with E-state index >= 15 is 0 Å². The van der Waals surface area contributed by atoms with E-state index in [4.69, 9.17) is 5.21 Å². The minimum absolute atomic E-state index is 0.252. The zero-order valence-electron chi connectivity index (χ0n) is 13.9. The number of pyridine rings is 1. The summed E-state index contributed by atoms with van der Waals surface area (Å²) in [6.07, 6.45) is 8.92. The normalized spacial score (nSPS) is 11.1. The van der Waals surface area contributed by atoms with Crippen molar-refractivity contribution in [2.45, 2.75) is 26.1 Å². The number of hydrogen-bond donors (Lipinski definition) is 2. The highest BCUT2D eigenvalue weighted by Gasteiger charge is 2.08. The molecular formula is C16H18N8O2. The van der Waals surface area contributed by atoms with Crippen molar-refractivity contribution in [2.75, 3.05) is 0 Å². The van der Waals surface area contributed by atoms with Crippen molar-refractivity contribution < 1.29 is 10.0 Å². The molecule has 0 fully saturated rings. The van der Waals surface area contributed by atoms with Gasteiger partial charge in [0.2, 0.25) is 0 Å². The Morgan fingerprint density at radius 2 is 2.19 bits per heavy atom. The first-order valence-electron chi connectivity index (χ1n) is 8.03. The van der Waals surface area contributed by atoms with Gasteiger partial charge < -0.3 is 15.1 Å². The number of oxime groups is 1. The highest BCUT2D eigenvalue weighted by atomic mass is 16.4. The van der Waals surface area contributed by atoms with E-state index in [9.17, 15) is 4.79 Å². The second-order valence-electron chi connectivity index (χ2n) is 5.45. The van der Waals surface area contributed by atoms with Crippen molar-refractivity contribution in [3.8, 4) is 0 Å². The van der Waals surface area contributed by atoms with Crippen molar-refractivity contribution >= 4 is 12.1 Å². The third-order valence-electron chi connectivity index (χ3n) is 3.62. The standard InChI is InChI=1S/C16H18N8O2/c25-16(14-4-1-2-5-17-14)19-10-13-12-24(22-21-13)8-3-7-23-9-6-18-15(23)11-20-26/h1-2,4-6,9,11-12,26H,3,7-8,10H2,(H,19,25)/b20-11+. The van der Waals surface area contributed by atoms with Gasteiger partial charge in [0.05, 0.1) is 12.7 Å². The zero-order chi connectivity index (χ0) is 18.2. The molecule has 10 heteroatoms. The molecule has 10 nitrogen and oxygen atoms in total. The van der Waals surface area contributed by atoms with Crippen LogP contribution in [0.3, 0.4) is 0 Å². The predicted molar refractivity (Wildman–Crippen MR) is 91.7 cm³/mol. The third-order valence-corrected chi connectivity index (χ3v) is 3.62. The van der Waals surface area contributed by atoms with Gasteiger partial charge in [0.15, 0.2) is 5.82 Å². The molecule has 0 bridgehead atoms. The van der Waals surface area contributed by atoms with Crippen LogP contribution in [0.25, 0.3) is 0 Å². The molecule has 3 rings (SSSR count). The molecule has 0 spiro atoms. The fraction of sp³-hybridized carbons (Fsp3) is 0.250. The Hall–Kier alpha value is -3.56. The topological polar surface area (TPSA) is 123 Å². The SMILES string of the molecule is O=C(NCc1cn(CCCn2ccnc2/C=N/O)nn1)c1ccccn1. The highest BCUT2D eigenvalue weighted by Crippen LogP contribution is 2.01. The maximum Gasteiger partial charge on any atom is 0.270 e. The Bertz CT molecular complexity index is 871. The largest absolute Gasteiger partial charge is 0.411 e. The Labute approximate surface area is 149 Å². The van der Waals surface area contributed by atoms with Gasteiger partial charge in [-0.3, -0.25) is 14.5 Å². The van der Waals surface area contributed by atoms with Crippen molar-refractivity contribution in [1.29, 1.82) is 0 Å². The van der Waals surface area contributed by atoms with Crippen molar-refractivity contribution in [3.63, 3.8) is 0 Å². The van der Waals surface area contributed by atoms with Gasteiger partial charge in [-0.25, -0.2) is 4.98 Å². The van der Waals surface area contributed by atoms with Gasteiger partial charge in [-0.15, -0.1) is 5.10 Å². The third kappa shape index (κ3) is 4.50. The van der Waals surface area contributed by atoms with Gasteiger partial charge in [-0.05, 0) is 18.6 Å². The van der Waals surface area contributed by atoms with Crippen LogP contribution in [-0.2, 0) is 19.6 Å². The van der Waals surface area contributed by atoms with E-state index in [0.29, 0.717) is 30.3 Å². The molecule has 3 aromatic heterocycles. The van der Waals surface area contributed by atoms with Crippen LogP contribution in [0.1, 0.15) is 28.4 Å². The monoisotopic (exact) mass is 354 g/mol. The van der Waals surface area contributed by atoms with Crippen LogP contribution in [0.15, 0.2) is 48.1 Å². The lowest BCUT2D eigenvalue weighted by molar-refractivity contribution is 0.0945. The van der Waals surface area contributed by atoms with E-state index in [2.05, 4.69) is 30.8 Å². The van der Waals surface area contributed by atoms with Gasteiger partial charge in [0.1, 0.15) is 17.6 Å². The summed E-state index contributed by atoms with van der Waals surface area (Å²) in [7, 11) is 0. The molecule has 1 amide bonds.